The normalized spacial score (nSPS) is 14.2. The highest BCUT2D eigenvalue weighted by atomic mass is 31.2. The van der Waals surface area contributed by atoms with Gasteiger partial charge >= 0.3 is 39.5 Å². The molecule has 0 saturated carbocycles. The molecule has 17 nitrogen and oxygen atoms in total. The average molecular weight is 1480 g/mol. The minimum atomic E-state index is -4.98. The van der Waals surface area contributed by atoms with E-state index in [1.165, 1.54) is 148 Å². The summed E-state index contributed by atoms with van der Waals surface area (Å²) < 4.78 is 68.7. The highest BCUT2D eigenvalue weighted by Gasteiger charge is 2.30. The molecule has 0 spiro atoms. The third kappa shape index (κ3) is 74.8. The van der Waals surface area contributed by atoms with Gasteiger partial charge in [-0.05, 0) is 96.3 Å². The molecule has 0 aliphatic carbocycles. The predicted octanol–water partition coefficient (Wildman–Crippen LogP) is 24.0. The van der Waals surface area contributed by atoms with Gasteiger partial charge in [-0.2, -0.15) is 0 Å². The summed E-state index contributed by atoms with van der Waals surface area (Å²) in [5.74, 6) is -2.18. The number of unbranched alkanes of at least 4 members (excludes halogenated alkanes) is 40. The number of aliphatic hydroxyl groups excluding tert-OH is 1. The molecule has 0 aliphatic heterocycles. The predicted molar refractivity (Wildman–Crippen MR) is 418 cm³/mol. The van der Waals surface area contributed by atoms with Gasteiger partial charge in [-0.1, -0.05) is 325 Å². The van der Waals surface area contributed by atoms with E-state index in [2.05, 4.69) is 101 Å². The van der Waals surface area contributed by atoms with E-state index in [4.69, 9.17) is 37.0 Å². The standard InChI is InChI=1S/C83H150O17P2/c1-5-9-13-17-21-25-29-33-37-38-42-44-48-52-56-60-64-68-81(86)94-74-79(100-83(88)70-66-62-58-54-50-46-41-36-32-28-24-20-16-12-8-4)76-98-102(91,92)96-72-77(84)71-95-101(89,90)97-75-78(99-82(87)69-65-61-57-53-49-45-40-35-31-27-23-19-15-11-7-3)73-93-80(85)67-63-59-55-51-47-43-39-34-30-26-22-18-14-10-6-2/h9,13,21-22,25-26,33-34,37,39,42,44,77-79,84H,5-8,10-12,14-20,23-24,27-32,35-36,38,40-41,43,45-76H2,1-4H3,(H,89,90)(H,91,92)/b13-9-,25-21-,26-22-,37-33-,39-34-,44-42-. The largest absolute Gasteiger partial charge is 0.472 e. The first-order chi connectivity index (χ1) is 49.7. The van der Waals surface area contributed by atoms with Gasteiger partial charge in [-0.25, -0.2) is 9.13 Å². The molecule has 594 valence electrons. The molecule has 0 bridgehead atoms. The van der Waals surface area contributed by atoms with Crippen molar-refractivity contribution in [1.82, 2.24) is 0 Å². The van der Waals surface area contributed by atoms with Crippen LogP contribution in [0.4, 0.5) is 0 Å². The lowest BCUT2D eigenvalue weighted by molar-refractivity contribution is -0.161. The van der Waals surface area contributed by atoms with Crippen LogP contribution in [-0.4, -0.2) is 96.7 Å². The second-order valence-electron chi connectivity index (χ2n) is 27.7. The van der Waals surface area contributed by atoms with E-state index < -0.39 is 97.5 Å². The second-order valence-corrected chi connectivity index (χ2v) is 30.6. The first kappa shape index (κ1) is 98.5. The van der Waals surface area contributed by atoms with Crippen LogP contribution in [0.3, 0.4) is 0 Å². The molecule has 0 radical (unpaired) electrons. The Morgan fingerprint density at radius 1 is 0.284 bits per heavy atom. The third-order valence-electron chi connectivity index (χ3n) is 17.7. The van der Waals surface area contributed by atoms with Gasteiger partial charge in [0.15, 0.2) is 12.2 Å². The monoisotopic (exact) mass is 1480 g/mol. The van der Waals surface area contributed by atoms with Gasteiger partial charge in [0.1, 0.15) is 19.3 Å². The lowest BCUT2D eigenvalue weighted by Crippen LogP contribution is -2.30. The minimum absolute atomic E-state index is 0.0948. The van der Waals surface area contributed by atoms with E-state index in [1.807, 2.05) is 0 Å². The fraction of sp³-hybridized carbons (Fsp3) is 0.807. The molecule has 19 heteroatoms. The van der Waals surface area contributed by atoms with Crippen LogP contribution in [0.25, 0.3) is 0 Å². The number of carbonyl (C=O) groups excluding carboxylic acids is 4. The number of phosphoric ester groups is 2. The molecule has 3 N–H and O–H groups in total. The number of aliphatic hydroxyl groups is 1. The first-order valence-corrected chi connectivity index (χ1v) is 44.2. The van der Waals surface area contributed by atoms with Crippen molar-refractivity contribution in [2.75, 3.05) is 39.6 Å². The second kappa shape index (κ2) is 75.7. The summed E-state index contributed by atoms with van der Waals surface area (Å²) in [7, 11) is -9.95. The Labute approximate surface area is 622 Å². The minimum Gasteiger partial charge on any atom is -0.462 e. The molecular weight excluding hydrogens is 1330 g/mol. The van der Waals surface area contributed by atoms with Gasteiger partial charge in [0, 0.05) is 25.7 Å². The molecule has 0 rings (SSSR count). The van der Waals surface area contributed by atoms with Gasteiger partial charge in [0.2, 0.25) is 0 Å². The maximum Gasteiger partial charge on any atom is 0.472 e. The number of rotatable bonds is 78. The van der Waals surface area contributed by atoms with Crippen LogP contribution in [-0.2, 0) is 65.4 Å². The zero-order chi connectivity index (χ0) is 74.6. The number of hydrogen-bond donors (Lipinski definition) is 3. The van der Waals surface area contributed by atoms with E-state index in [0.717, 1.165) is 148 Å². The van der Waals surface area contributed by atoms with E-state index in [0.29, 0.717) is 25.7 Å². The molecule has 0 aromatic heterocycles. The molecular formula is C83H150O17P2. The van der Waals surface area contributed by atoms with Crippen LogP contribution in [0.2, 0.25) is 0 Å². The topological polar surface area (TPSA) is 237 Å². The Morgan fingerprint density at radius 2 is 0.510 bits per heavy atom. The number of ether oxygens (including phenoxy) is 4. The van der Waals surface area contributed by atoms with Crippen molar-refractivity contribution >= 4 is 39.5 Å². The van der Waals surface area contributed by atoms with Crippen LogP contribution in [0, 0.1) is 0 Å². The fourth-order valence-electron chi connectivity index (χ4n) is 11.4. The molecule has 0 saturated heterocycles. The van der Waals surface area contributed by atoms with E-state index in [-0.39, 0.29) is 25.7 Å². The van der Waals surface area contributed by atoms with Crippen molar-refractivity contribution in [1.29, 1.82) is 0 Å². The zero-order valence-corrected chi connectivity index (χ0v) is 66.8. The van der Waals surface area contributed by atoms with Crippen LogP contribution < -0.4 is 0 Å². The highest BCUT2D eigenvalue weighted by molar-refractivity contribution is 7.47. The van der Waals surface area contributed by atoms with Crippen molar-refractivity contribution in [2.45, 2.75) is 393 Å². The van der Waals surface area contributed by atoms with Gasteiger partial charge in [-0.15, -0.1) is 0 Å². The molecule has 0 fully saturated rings. The number of hydrogen-bond acceptors (Lipinski definition) is 15. The van der Waals surface area contributed by atoms with Crippen LogP contribution >= 0.6 is 15.6 Å². The average Bonchev–Trinajstić information content (AvgIpc) is 0.923. The molecule has 102 heavy (non-hydrogen) atoms. The summed E-state index contributed by atoms with van der Waals surface area (Å²) in [6, 6.07) is 0. The molecule has 0 heterocycles. The van der Waals surface area contributed by atoms with Crippen molar-refractivity contribution in [3.63, 3.8) is 0 Å². The maximum absolute atomic E-state index is 13.1. The Morgan fingerprint density at radius 3 is 0.804 bits per heavy atom. The van der Waals surface area contributed by atoms with E-state index in [1.54, 1.807) is 0 Å². The van der Waals surface area contributed by atoms with Crippen molar-refractivity contribution in [3.8, 4) is 0 Å². The summed E-state index contributed by atoms with van der Waals surface area (Å²) in [5.41, 5.74) is 0. The Kier molecular flexibility index (Phi) is 73.1. The Hall–Kier alpha value is -3.50. The molecule has 5 atom stereocenters. The summed E-state index contributed by atoms with van der Waals surface area (Å²) in [6.45, 7) is 4.78. The number of carbonyl (C=O) groups is 4. The highest BCUT2D eigenvalue weighted by Crippen LogP contribution is 2.45. The summed E-state index contributed by atoms with van der Waals surface area (Å²) in [6.07, 6.45) is 77.2. The number of esters is 4. The molecule has 0 aliphatic rings. The van der Waals surface area contributed by atoms with Crippen LogP contribution in [0.15, 0.2) is 72.9 Å². The molecule has 0 amide bonds. The van der Waals surface area contributed by atoms with Crippen molar-refractivity contribution in [3.05, 3.63) is 72.9 Å². The molecule has 0 aromatic carbocycles. The lowest BCUT2D eigenvalue weighted by atomic mass is 10.0. The van der Waals surface area contributed by atoms with Gasteiger partial charge < -0.3 is 33.8 Å². The summed E-state index contributed by atoms with van der Waals surface area (Å²) in [5, 5.41) is 10.6. The first-order valence-electron chi connectivity index (χ1n) is 41.2. The van der Waals surface area contributed by atoms with E-state index in [9.17, 15) is 43.2 Å². The smallest absolute Gasteiger partial charge is 0.462 e. The zero-order valence-electron chi connectivity index (χ0n) is 65.0. The van der Waals surface area contributed by atoms with Crippen LogP contribution in [0.1, 0.15) is 374 Å². The van der Waals surface area contributed by atoms with Crippen LogP contribution in [0.5, 0.6) is 0 Å². The Balaban J connectivity index is 5.35. The number of phosphoric acid groups is 2. The maximum atomic E-state index is 13.1. The fourth-order valence-corrected chi connectivity index (χ4v) is 13.0. The Bertz CT molecular complexity index is 2210. The molecule has 0 aromatic rings. The van der Waals surface area contributed by atoms with Gasteiger partial charge in [-0.3, -0.25) is 37.3 Å². The molecule has 5 unspecified atom stereocenters. The number of allylic oxidation sites excluding steroid dienone is 12. The summed E-state index contributed by atoms with van der Waals surface area (Å²) >= 11 is 0. The quantitative estimate of drug-likeness (QED) is 0.0169. The van der Waals surface area contributed by atoms with Gasteiger partial charge in [0.25, 0.3) is 0 Å². The van der Waals surface area contributed by atoms with Crippen molar-refractivity contribution < 1.29 is 80.2 Å². The summed E-state index contributed by atoms with van der Waals surface area (Å²) in [4.78, 5) is 73.1. The van der Waals surface area contributed by atoms with Crippen molar-refractivity contribution in [2.24, 2.45) is 0 Å². The van der Waals surface area contributed by atoms with E-state index >= 15 is 0 Å². The SMILES string of the molecule is CC/C=C\C/C=C\C/C=C\C/C=C\CCCCCCC(=O)OCC(COP(=O)(O)OCC(O)COP(=O)(O)OCC(COC(=O)CCCCCCC/C=C\C/C=C\CCCCC)OC(=O)CCCCCCCCCCCCCCCCC)OC(=O)CCCCCCCCCCCCCCCCC. The lowest BCUT2D eigenvalue weighted by Gasteiger charge is -2.21. The van der Waals surface area contributed by atoms with Gasteiger partial charge in [0.05, 0.1) is 26.4 Å². The third-order valence-corrected chi connectivity index (χ3v) is 19.6.